The van der Waals surface area contributed by atoms with Crippen molar-refractivity contribution >= 4 is 44.7 Å². The minimum atomic E-state index is -0.420. The van der Waals surface area contributed by atoms with Crippen LogP contribution < -0.4 is 0 Å². The van der Waals surface area contributed by atoms with Crippen LogP contribution in [0.2, 0.25) is 0 Å². The van der Waals surface area contributed by atoms with Crippen LogP contribution in [0.25, 0.3) is 10.9 Å². The Balaban J connectivity index is 2.02. The number of nitrogens with one attached hydrogen (secondary N) is 1. The molecule has 2 N–H and O–H groups in total. The van der Waals surface area contributed by atoms with Crippen molar-refractivity contribution in [3.8, 4) is 5.88 Å². The summed E-state index contributed by atoms with van der Waals surface area (Å²) in [5.74, 6) is -0.392. The predicted molar refractivity (Wildman–Crippen MR) is 97.3 cm³/mol. The normalized spacial score (nSPS) is 11.2. The van der Waals surface area contributed by atoms with Gasteiger partial charge in [0.1, 0.15) is 0 Å². The molecular formula is C18H15BrN2O3. The molecule has 0 aliphatic carbocycles. The van der Waals surface area contributed by atoms with E-state index in [-0.39, 0.29) is 5.88 Å². The number of halogens is 1. The van der Waals surface area contributed by atoms with E-state index in [0.717, 1.165) is 15.4 Å². The molecule has 24 heavy (non-hydrogen) atoms. The highest BCUT2D eigenvalue weighted by Gasteiger charge is 2.12. The summed E-state index contributed by atoms with van der Waals surface area (Å²) in [5, 5.41) is 10.9. The van der Waals surface area contributed by atoms with E-state index in [0.29, 0.717) is 23.4 Å². The molecule has 1 aromatic heterocycles. The molecule has 0 unspecified atom stereocenters. The zero-order valence-electron chi connectivity index (χ0n) is 12.9. The van der Waals surface area contributed by atoms with Crippen molar-refractivity contribution in [1.29, 1.82) is 0 Å². The summed E-state index contributed by atoms with van der Waals surface area (Å²) < 4.78 is 5.94. The zero-order valence-corrected chi connectivity index (χ0v) is 14.5. The molecule has 2 aromatic carbocycles. The number of carbonyl (C=O) groups is 1. The highest BCUT2D eigenvalue weighted by molar-refractivity contribution is 9.10. The Hall–Kier alpha value is -2.60. The van der Waals surface area contributed by atoms with Gasteiger partial charge in [-0.3, -0.25) is 4.99 Å². The molecule has 0 saturated heterocycles. The van der Waals surface area contributed by atoms with Crippen LogP contribution >= 0.6 is 15.9 Å². The van der Waals surface area contributed by atoms with Crippen LogP contribution in [0, 0.1) is 0 Å². The third kappa shape index (κ3) is 3.19. The fraction of sp³-hybridized carbons (Fsp3) is 0.111. The Bertz CT molecular complexity index is 931. The number of fused-ring (bicyclic) bond motifs is 1. The van der Waals surface area contributed by atoms with Crippen LogP contribution in [-0.4, -0.2) is 28.9 Å². The van der Waals surface area contributed by atoms with Gasteiger partial charge >= 0.3 is 5.97 Å². The number of nitrogens with zero attached hydrogens (tertiary/aromatic N) is 1. The Labute approximate surface area is 147 Å². The number of esters is 1. The number of para-hydroxylation sites is 1. The topological polar surface area (TPSA) is 74.7 Å². The number of ether oxygens (including phenoxy) is 1. The summed E-state index contributed by atoms with van der Waals surface area (Å²) in [5.41, 5.74) is 2.23. The standard InChI is InChI=1S/C18H15BrN2O3/c1-2-24-18(23)12-5-3-4-6-15(12)20-10-14-13-9-11(19)7-8-16(13)21-17(14)22/h3-10,21-22H,2H2,1H3. The van der Waals surface area contributed by atoms with Crippen LogP contribution in [0.5, 0.6) is 5.88 Å². The lowest BCUT2D eigenvalue weighted by Gasteiger charge is -2.04. The minimum absolute atomic E-state index is 0.0282. The van der Waals surface area contributed by atoms with Crippen molar-refractivity contribution < 1.29 is 14.6 Å². The average Bonchev–Trinajstić information content (AvgIpc) is 2.88. The largest absolute Gasteiger partial charge is 0.494 e. The molecule has 0 saturated carbocycles. The monoisotopic (exact) mass is 386 g/mol. The Morgan fingerprint density at radius 1 is 1.33 bits per heavy atom. The van der Waals surface area contributed by atoms with Gasteiger partial charge in [-0.05, 0) is 37.3 Å². The summed E-state index contributed by atoms with van der Waals surface area (Å²) in [6.45, 7) is 2.06. The summed E-state index contributed by atoms with van der Waals surface area (Å²) in [6, 6.07) is 12.6. The number of rotatable bonds is 4. The smallest absolute Gasteiger partial charge is 0.340 e. The number of aromatic hydroxyl groups is 1. The molecule has 5 nitrogen and oxygen atoms in total. The highest BCUT2D eigenvalue weighted by atomic mass is 79.9. The molecule has 0 bridgehead atoms. The number of H-pyrrole nitrogens is 1. The zero-order chi connectivity index (χ0) is 17.1. The molecule has 122 valence electrons. The van der Waals surface area contributed by atoms with Gasteiger partial charge in [-0.15, -0.1) is 0 Å². The molecule has 0 radical (unpaired) electrons. The average molecular weight is 387 g/mol. The minimum Gasteiger partial charge on any atom is -0.494 e. The van der Waals surface area contributed by atoms with Gasteiger partial charge in [0, 0.05) is 21.6 Å². The molecule has 0 spiro atoms. The summed E-state index contributed by atoms with van der Waals surface area (Å²) in [6.07, 6.45) is 1.54. The van der Waals surface area contributed by atoms with Crippen molar-refractivity contribution in [2.45, 2.75) is 6.92 Å². The Kier molecular flexibility index (Phi) is 4.66. The third-order valence-corrected chi connectivity index (χ3v) is 4.01. The second-order valence-electron chi connectivity index (χ2n) is 5.07. The van der Waals surface area contributed by atoms with Crippen molar-refractivity contribution in [1.82, 2.24) is 4.98 Å². The van der Waals surface area contributed by atoms with E-state index in [9.17, 15) is 9.90 Å². The van der Waals surface area contributed by atoms with Crippen LogP contribution in [-0.2, 0) is 4.74 Å². The molecule has 3 aromatic rings. The van der Waals surface area contributed by atoms with E-state index in [1.54, 1.807) is 37.4 Å². The number of aromatic nitrogens is 1. The summed E-state index contributed by atoms with van der Waals surface area (Å²) >= 11 is 3.42. The lowest BCUT2D eigenvalue weighted by Crippen LogP contribution is -2.04. The van der Waals surface area contributed by atoms with Crippen molar-refractivity contribution in [2.24, 2.45) is 4.99 Å². The molecule has 0 atom stereocenters. The van der Waals surface area contributed by atoms with Crippen LogP contribution in [0.1, 0.15) is 22.8 Å². The van der Waals surface area contributed by atoms with Crippen molar-refractivity contribution in [3.63, 3.8) is 0 Å². The highest BCUT2D eigenvalue weighted by Crippen LogP contribution is 2.29. The number of aliphatic imine (C=N–C) groups is 1. The number of benzene rings is 2. The first kappa shape index (κ1) is 16.3. The maximum absolute atomic E-state index is 12.0. The Morgan fingerprint density at radius 2 is 2.12 bits per heavy atom. The molecule has 6 heteroatoms. The van der Waals surface area contributed by atoms with E-state index in [2.05, 4.69) is 25.9 Å². The fourth-order valence-corrected chi connectivity index (χ4v) is 2.76. The third-order valence-electron chi connectivity index (χ3n) is 3.51. The molecule has 3 rings (SSSR count). The van der Waals surface area contributed by atoms with E-state index in [4.69, 9.17) is 4.74 Å². The Morgan fingerprint density at radius 3 is 2.92 bits per heavy atom. The molecule has 0 aliphatic rings. The second kappa shape index (κ2) is 6.88. The molecular weight excluding hydrogens is 372 g/mol. The van der Waals surface area contributed by atoms with Gasteiger partial charge in [0.05, 0.1) is 23.4 Å². The number of aromatic amines is 1. The first-order valence-electron chi connectivity index (χ1n) is 7.40. The van der Waals surface area contributed by atoms with Crippen molar-refractivity contribution in [2.75, 3.05) is 6.61 Å². The molecule has 0 amide bonds. The number of hydrogen-bond donors (Lipinski definition) is 2. The van der Waals surface area contributed by atoms with Crippen LogP contribution in [0.15, 0.2) is 51.9 Å². The van der Waals surface area contributed by atoms with E-state index in [1.807, 2.05) is 18.2 Å². The van der Waals surface area contributed by atoms with Gasteiger partial charge in [-0.2, -0.15) is 0 Å². The molecule has 0 aliphatic heterocycles. The van der Waals surface area contributed by atoms with E-state index in [1.165, 1.54) is 0 Å². The van der Waals surface area contributed by atoms with Crippen LogP contribution in [0.4, 0.5) is 5.69 Å². The summed E-state index contributed by atoms with van der Waals surface area (Å²) in [4.78, 5) is 19.3. The van der Waals surface area contributed by atoms with E-state index >= 15 is 0 Å². The fourth-order valence-electron chi connectivity index (χ4n) is 2.40. The van der Waals surface area contributed by atoms with Gasteiger partial charge in [0.15, 0.2) is 5.88 Å². The lowest BCUT2D eigenvalue weighted by atomic mass is 10.1. The first-order chi connectivity index (χ1) is 11.6. The maximum atomic E-state index is 12.0. The van der Waals surface area contributed by atoms with Gasteiger partial charge in [-0.25, -0.2) is 4.79 Å². The van der Waals surface area contributed by atoms with Crippen molar-refractivity contribution in [3.05, 3.63) is 58.1 Å². The molecule has 1 heterocycles. The summed E-state index contributed by atoms with van der Waals surface area (Å²) in [7, 11) is 0. The second-order valence-corrected chi connectivity index (χ2v) is 5.99. The van der Waals surface area contributed by atoms with Gasteiger partial charge in [0.25, 0.3) is 0 Å². The van der Waals surface area contributed by atoms with Gasteiger partial charge < -0.3 is 14.8 Å². The predicted octanol–water partition coefficient (Wildman–Crippen LogP) is 4.56. The number of hydrogen-bond acceptors (Lipinski definition) is 4. The maximum Gasteiger partial charge on any atom is 0.340 e. The van der Waals surface area contributed by atoms with Crippen LogP contribution in [0.3, 0.4) is 0 Å². The van der Waals surface area contributed by atoms with Gasteiger partial charge in [-0.1, -0.05) is 28.1 Å². The van der Waals surface area contributed by atoms with Gasteiger partial charge in [0.2, 0.25) is 0 Å². The first-order valence-corrected chi connectivity index (χ1v) is 8.20. The molecule has 0 fully saturated rings. The lowest BCUT2D eigenvalue weighted by molar-refractivity contribution is 0.0527. The van der Waals surface area contributed by atoms with E-state index < -0.39 is 5.97 Å². The SMILES string of the molecule is CCOC(=O)c1ccccc1N=Cc1c(O)[nH]c2ccc(Br)cc12. The quantitative estimate of drug-likeness (QED) is 0.509. The number of carbonyl (C=O) groups excluding carboxylic acids is 1.